The molecule has 0 aromatic heterocycles. The Morgan fingerprint density at radius 1 is 1.43 bits per heavy atom. The van der Waals surface area contributed by atoms with E-state index in [0.29, 0.717) is 0 Å². The normalized spacial score (nSPS) is 10.3. The molecule has 0 amide bonds. The number of rotatable bonds is 1. The van der Waals surface area contributed by atoms with Crippen molar-refractivity contribution in [1.29, 1.82) is 0 Å². The molecule has 0 fully saturated rings. The summed E-state index contributed by atoms with van der Waals surface area (Å²) in [5, 5.41) is 0. The summed E-state index contributed by atoms with van der Waals surface area (Å²) in [7, 11) is -1.88. The summed E-state index contributed by atoms with van der Waals surface area (Å²) in [6.07, 6.45) is 0. The Bertz CT molecular complexity index is 41.4. The Morgan fingerprint density at radius 2 is 1.57 bits per heavy atom. The first kappa shape index (κ1) is 10.7. The van der Waals surface area contributed by atoms with Crippen LogP contribution in [0.4, 0.5) is 0 Å². The van der Waals surface area contributed by atoms with Crippen molar-refractivity contribution in [2.24, 2.45) is 0 Å². The second kappa shape index (κ2) is 3.74. The molecule has 0 rings (SSSR count). The fraction of sp³-hybridized carbons (Fsp3) is 1.00. The van der Waals surface area contributed by atoms with E-state index in [-0.39, 0.29) is 18.9 Å². The third-order valence-corrected chi connectivity index (χ3v) is 2.55. The molecule has 0 bridgehead atoms. The third-order valence-electron chi connectivity index (χ3n) is 0.851. The average Bonchev–Trinajstić information content (AvgIpc) is 1.35. The van der Waals surface area contributed by atoms with Crippen molar-refractivity contribution < 1.29 is 23.7 Å². The van der Waals surface area contributed by atoms with Gasteiger partial charge in [0.25, 0.3) is 0 Å². The van der Waals surface area contributed by atoms with E-state index in [1.807, 2.05) is 20.0 Å². The molecule has 38 valence electrons. The smallest absolute Gasteiger partial charge is 0.859 e. The minimum atomic E-state index is -1.88. The van der Waals surface area contributed by atoms with E-state index in [0.717, 1.165) is 6.04 Å². The predicted octanol–water partition coefficient (Wildman–Crippen LogP) is -2.42. The van der Waals surface area contributed by atoms with Gasteiger partial charge in [-0.25, -0.2) is 0 Å². The van der Waals surface area contributed by atoms with Crippen LogP contribution in [0, 0.1) is 0 Å². The Hall–Kier alpha value is 0.774. The second-order valence-electron chi connectivity index (χ2n) is 2.11. The van der Waals surface area contributed by atoms with Gasteiger partial charge in [-0.1, -0.05) is 34.4 Å². The van der Waals surface area contributed by atoms with Crippen molar-refractivity contribution in [3.63, 3.8) is 0 Å². The molecule has 0 aliphatic carbocycles. The van der Waals surface area contributed by atoms with Crippen LogP contribution in [0.1, 0.15) is 6.92 Å². The van der Waals surface area contributed by atoms with E-state index >= 15 is 0 Å². The van der Waals surface area contributed by atoms with Crippen LogP contribution in [0.25, 0.3) is 0 Å². The summed E-state index contributed by atoms with van der Waals surface area (Å²) in [6.45, 7) is 5.61. The Morgan fingerprint density at radius 3 is 1.57 bits per heavy atom. The average molecular weight is 110 g/mol. The van der Waals surface area contributed by atoms with Gasteiger partial charge in [-0.05, 0) is 0 Å². The number of hydrogen-bond acceptors (Lipinski definition) is 1. The van der Waals surface area contributed by atoms with Crippen LogP contribution in [0.15, 0.2) is 0 Å². The molecule has 0 atom stereocenters. The minimum absolute atomic E-state index is 0. The van der Waals surface area contributed by atoms with Gasteiger partial charge in [-0.15, -0.1) is 0 Å². The molecular weight excluding hydrogens is 99.1 g/mol. The van der Waals surface area contributed by atoms with Crippen molar-refractivity contribution in [2.75, 3.05) is 0 Å². The van der Waals surface area contributed by atoms with Gasteiger partial charge in [-0.2, -0.15) is 0 Å². The second-order valence-corrected chi connectivity index (χ2v) is 6.34. The van der Waals surface area contributed by atoms with Crippen molar-refractivity contribution in [3.05, 3.63) is 0 Å². The quantitative estimate of drug-likeness (QED) is 0.344. The van der Waals surface area contributed by atoms with Crippen molar-refractivity contribution in [2.45, 2.75) is 26.1 Å². The predicted molar refractivity (Wildman–Crippen MR) is 28.0 cm³/mol. The summed E-state index contributed by atoms with van der Waals surface area (Å²) in [6, 6.07) is 0.854. The van der Waals surface area contributed by atoms with Gasteiger partial charge in [0.15, 0.2) is 0 Å². The van der Waals surface area contributed by atoms with Crippen LogP contribution < -0.4 is 23.7 Å². The van der Waals surface area contributed by atoms with Gasteiger partial charge in [0.05, 0.1) is 0 Å². The molecule has 0 heterocycles. The monoisotopic (exact) mass is 110 g/mol. The fourth-order valence-electron chi connectivity index (χ4n) is 0. The van der Waals surface area contributed by atoms with Gasteiger partial charge >= 0.3 is 18.9 Å². The van der Waals surface area contributed by atoms with E-state index in [1.165, 1.54) is 0 Å². The standard InChI is InChI=1S/C4H11OSi.Li/c1-4-6(2,3)5;/h4H2,1-3H3;/q-1;+1. The molecule has 0 aromatic carbocycles. The first-order valence-corrected chi connectivity index (χ1v) is 5.38. The van der Waals surface area contributed by atoms with Gasteiger partial charge < -0.3 is 4.80 Å². The molecule has 0 spiro atoms. The van der Waals surface area contributed by atoms with Crippen LogP contribution in [0.5, 0.6) is 0 Å². The van der Waals surface area contributed by atoms with Crippen molar-refractivity contribution in [3.8, 4) is 0 Å². The molecule has 0 saturated heterocycles. The van der Waals surface area contributed by atoms with Crippen molar-refractivity contribution >= 4 is 8.32 Å². The summed E-state index contributed by atoms with van der Waals surface area (Å²) in [5.74, 6) is 0. The van der Waals surface area contributed by atoms with Crippen LogP contribution in [0.3, 0.4) is 0 Å². The first-order valence-electron chi connectivity index (χ1n) is 2.26. The van der Waals surface area contributed by atoms with Crippen LogP contribution in [-0.2, 0) is 0 Å². The molecule has 0 aromatic rings. The zero-order chi connectivity index (χ0) is 5.21. The van der Waals surface area contributed by atoms with E-state index < -0.39 is 8.32 Å². The van der Waals surface area contributed by atoms with Crippen LogP contribution >= 0.6 is 0 Å². The third kappa shape index (κ3) is 10.8. The van der Waals surface area contributed by atoms with Gasteiger partial charge in [-0.3, -0.25) is 0 Å². The Kier molecular flexibility index (Phi) is 5.71. The van der Waals surface area contributed by atoms with Crippen molar-refractivity contribution in [1.82, 2.24) is 0 Å². The first-order chi connectivity index (χ1) is 2.56. The topological polar surface area (TPSA) is 23.1 Å². The summed E-state index contributed by atoms with van der Waals surface area (Å²) >= 11 is 0. The summed E-state index contributed by atoms with van der Waals surface area (Å²) < 4.78 is 0. The van der Waals surface area contributed by atoms with E-state index in [2.05, 4.69) is 0 Å². The maximum absolute atomic E-state index is 10.6. The van der Waals surface area contributed by atoms with Crippen LogP contribution in [-0.4, -0.2) is 8.32 Å². The molecular formula is C4H11LiOSi. The van der Waals surface area contributed by atoms with E-state index in [1.54, 1.807) is 0 Å². The zero-order valence-corrected chi connectivity index (χ0v) is 6.62. The largest absolute Gasteiger partial charge is 1.00 e. The summed E-state index contributed by atoms with van der Waals surface area (Å²) in [5.41, 5.74) is 0. The molecule has 0 radical (unpaired) electrons. The van der Waals surface area contributed by atoms with Gasteiger partial charge in [0, 0.05) is 0 Å². The Balaban J connectivity index is 0. The maximum atomic E-state index is 10.6. The molecule has 3 heteroatoms. The number of hydrogen-bond donors (Lipinski definition) is 0. The van der Waals surface area contributed by atoms with Crippen LogP contribution in [0.2, 0.25) is 19.1 Å². The van der Waals surface area contributed by atoms with E-state index in [9.17, 15) is 4.80 Å². The summed E-state index contributed by atoms with van der Waals surface area (Å²) in [4.78, 5) is 10.6. The molecule has 0 saturated carbocycles. The molecule has 1 nitrogen and oxygen atoms in total. The molecule has 0 aliphatic heterocycles. The van der Waals surface area contributed by atoms with E-state index in [4.69, 9.17) is 0 Å². The fourth-order valence-corrected chi connectivity index (χ4v) is 0. The molecule has 7 heavy (non-hydrogen) atoms. The molecule has 0 aliphatic rings. The Labute approximate surface area is 58.4 Å². The van der Waals surface area contributed by atoms with Gasteiger partial charge in [0.2, 0.25) is 0 Å². The maximum Gasteiger partial charge on any atom is 1.00 e. The SMILES string of the molecule is CC[Si](C)(C)[O-].[Li+]. The molecule has 0 N–H and O–H groups in total. The minimum Gasteiger partial charge on any atom is -0.859 e. The molecule has 0 unspecified atom stereocenters. The zero-order valence-electron chi connectivity index (χ0n) is 5.62. The van der Waals surface area contributed by atoms with Gasteiger partial charge in [0.1, 0.15) is 0 Å².